The van der Waals surface area contributed by atoms with Crippen LogP contribution in [-0.4, -0.2) is 24.3 Å². The summed E-state index contributed by atoms with van der Waals surface area (Å²) in [4.78, 5) is 9.50. The summed E-state index contributed by atoms with van der Waals surface area (Å²) in [6.07, 6.45) is 12.4. The summed E-state index contributed by atoms with van der Waals surface area (Å²) in [7, 11) is 0. The van der Waals surface area contributed by atoms with Crippen LogP contribution in [0.2, 0.25) is 5.02 Å². The van der Waals surface area contributed by atoms with Gasteiger partial charge in [-0.2, -0.15) is 5.10 Å². The summed E-state index contributed by atoms with van der Waals surface area (Å²) in [5, 5.41) is 5.74. The Bertz CT molecular complexity index is 1040. The van der Waals surface area contributed by atoms with Crippen molar-refractivity contribution in [2.45, 2.75) is 69.9 Å². The van der Waals surface area contributed by atoms with Crippen LogP contribution in [0.25, 0.3) is 0 Å². The van der Waals surface area contributed by atoms with E-state index in [1.807, 2.05) is 18.5 Å². The van der Waals surface area contributed by atoms with Gasteiger partial charge in [-0.05, 0) is 62.1 Å². The fourth-order valence-corrected chi connectivity index (χ4v) is 6.19. The van der Waals surface area contributed by atoms with Crippen molar-refractivity contribution in [1.29, 1.82) is 0 Å². The largest absolute Gasteiger partial charge is 0.331 e. The Morgan fingerprint density at radius 3 is 2.66 bits per heavy atom. The summed E-state index contributed by atoms with van der Waals surface area (Å²) in [6.45, 7) is 3.05. The molecular formula is C23H26ClN5. The third-order valence-corrected chi connectivity index (χ3v) is 7.60. The summed E-state index contributed by atoms with van der Waals surface area (Å²) in [5.74, 6) is 2.51. The van der Waals surface area contributed by atoms with Crippen molar-refractivity contribution in [3.8, 4) is 0 Å². The minimum atomic E-state index is 0.323. The molecule has 3 saturated carbocycles. The molecule has 150 valence electrons. The molecule has 2 aromatic heterocycles. The van der Waals surface area contributed by atoms with Crippen LogP contribution < -0.4 is 0 Å². The molecule has 0 spiro atoms. The van der Waals surface area contributed by atoms with Gasteiger partial charge in [0.25, 0.3) is 0 Å². The zero-order chi connectivity index (χ0) is 19.6. The Labute approximate surface area is 176 Å². The van der Waals surface area contributed by atoms with Gasteiger partial charge in [0.15, 0.2) is 5.82 Å². The molecule has 0 amide bonds. The van der Waals surface area contributed by atoms with E-state index in [4.69, 9.17) is 21.7 Å². The number of aryl methyl sites for hydroxylation is 2. The van der Waals surface area contributed by atoms with Gasteiger partial charge in [0.05, 0.1) is 12.0 Å². The second-order valence-corrected chi connectivity index (χ2v) is 10.00. The first-order valence-corrected chi connectivity index (χ1v) is 11.1. The van der Waals surface area contributed by atoms with Crippen molar-refractivity contribution < 1.29 is 0 Å². The quantitative estimate of drug-likeness (QED) is 0.619. The molecule has 1 aromatic carbocycles. The lowest BCUT2D eigenvalue weighted by atomic mass is 9.38. The molecule has 0 saturated heterocycles. The van der Waals surface area contributed by atoms with Gasteiger partial charge in [0.2, 0.25) is 0 Å². The smallest absolute Gasteiger partial charge is 0.151 e. The maximum absolute atomic E-state index is 6.10. The summed E-state index contributed by atoms with van der Waals surface area (Å²) in [6, 6.07) is 8.27. The van der Waals surface area contributed by atoms with E-state index in [0.717, 1.165) is 41.8 Å². The van der Waals surface area contributed by atoms with Gasteiger partial charge >= 0.3 is 0 Å². The molecule has 1 atom stereocenters. The van der Waals surface area contributed by atoms with Gasteiger partial charge in [0.1, 0.15) is 5.82 Å². The van der Waals surface area contributed by atoms with Crippen LogP contribution in [0.3, 0.4) is 0 Å². The number of aromatic nitrogens is 5. The van der Waals surface area contributed by atoms with Crippen LogP contribution in [0, 0.1) is 12.3 Å². The van der Waals surface area contributed by atoms with Gasteiger partial charge < -0.3 is 4.57 Å². The Balaban J connectivity index is 1.22. The molecule has 3 aliphatic carbocycles. The van der Waals surface area contributed by atoms with Crippen LogP contribution >= 0.6 is 11.6 Å². The normalized spacial score (nSPS) is 30.2. The molecule has 7 rings (SSSR count). The number of halogens is 1. The van der Waals surface area contributed by atoms with Crippen molar-refractivity contribution in [1.82, 2.24) is 24.3 Å². The Morgan fingerprint density at radius 1 is 1.14 bits per heavy atom. The maximum atomic E-state index is 6.10. The van der Waals surface area contributed by atoms with E-state index >= 15 is 0 Å². The number of fused-ring (bicyclic) bond motifs is 1. The van der Waals surface area contributed by atoms with Crippen LogP contribution in [-0.2, 0) is 18.5 Å². The van der Waals surface area contributed by atoms with Crippen molar-refractivity contribution in [2.24, 2.45) is 5.41 Å². The van der Waals surface area contributed by atoms with Crippen LogP contribution in [0.5, 0.6) is 0 Å². The van der Waals surface area contributed by atoms with E-state index in [1.54, 1.807) is 0 Å². The third kappa shape index (κ3) is 2.77. The standard InChI is InChI=1S/C23H26ClN5/c1-16-11-28(15-25-16)23-12-22(13-23,14-23)10-20-26-21-19(4-2-3-9-29(21)27-20)17-5-7-18(24)8-6-17/h5-8,11,15,19H,2-4,9-10,12-14H2,1H3/t19-,22?,23?/m0/s1. The number of hydrogen-bond acceptors (Lipinski definition) is 3. The predicted octanol–water partition coefficient (Wildman–Crippen LogP) is 4.87. The van der Waals surface area contributed by atoms with Gasteiger partial charge in [-0.1, -0.05) is 30.2 Å². The molecule has 2 bridgehead atoms. The topological polar surface area (TPSA) is 48.5 Å². The molecule has 6 heteroatoms. The highest BCUT2D eigenvalue weighted by atomic mass is 35.5. The monoisotopic (exact) mass is 407 g/mol. The first kappa shape index (κ1) is 17.7. The van der Waals surface area contributed by atoms with E-state index in [9.17, 15) is 0 Å². The number of rotatable bonds is 4. The van der Waals surface area contributed by atoms with Gasteiger partial charge in [-0.3, -0.25) is 0 Å². The molecule has 3 heterocycles. The zero-order valence-electron chi connectivity index (χ0n) is 16.8. The molecule has 4 aliphatic rings. The van der Waals surface area contributed by atoms with Crippen LogP contribution in [0.15, 0.2) is 36.8 Å². The highest BCUT2D eigenvalue weighted by Crippen LogP contribution is 2.72. The van der Waals surface area contributed by atoms with Crippen molar-refractivity contribution in [2.75, 3.05) is 0 Å². The fourth-order valence-electron chi connectivity index (χ4n) is 6.07. The zero-order valence-corrected chi connectivity index (χ0v) is 17.6. The fraction of sp³-hybridized carbons (Fsp3) is 0.522. The second-order valence-electron chi connectivity index (χ2n) is 9.56. The molecule has 0 unspecified atom stereocenters. The Morgan fingerprint density at radius 2 is 1.93 bits per heavy atom. The molecule has 3 fully saturated rings. The predicted molar refractivity (Wildman–Crippen MR) is 112 cm³/mol. The Hall–Kier alpha value is -2.14. The summed E-state index contributed by atoms with van der Waals surface area (Å²) >= 11 is 6.10. The molecular weight excluding hydrogens is 382 g/mol. The lowest BCUT2D eigenvalue weighted by Crippen LogP contribution is -2.68. The minimum Gasteiger partial charge on any atom is -0.331 e. The summed E-state index contributed by atoms with van der Waals surface area (Å²) < 4.78 is 4.53. The Kier molecular flexibility index (Phi) is 3.77. The van der Waals surface area contributed by atoms with E-state index in [-0.39, 0.29) is 0 Å². The van der Waals surface area contributed by atoms with Gasteiger partial charge in [-0.15, -0.1) is 0 Å². The average Bonchev–Trinajstić information content (AvgIpc) is 3.19. The van der Waals surface area contributed by atoms with Gasteiger partial charge in [-0.25, -0.2) is 14.6 Å². The number of hydrogen-bond donors (Lipinski definition) is 0. The highest BCUT2D eigenvalue weighted by Gasteiger charge is 2.68. The lowest BCUT2D eigenvalue weighted by molar-refractivity contribution is -0.187. The number of benzene rings is 1. The third-order valence-electron chi connectivity index (χ3n) is 7.35. The first-order valence-electron chi connectivity index (χ1n) is 10.7. The molecule has 5 nitrogen and oxygen atoms in total. The SMILES string of the molecule is Cc1cn(C23CC(Cc4nc5n(n4)CCCC[C@H]5c4ccc(Cl)cc4)(C2)C3)cn1. The van der Waals surface area contributed by atoms with Crippen LogP contribution in [0.4, 0.5) is 0 Å². The van der Waals surface area contributed by atoms with Crippen LogP contribution in [0.1, 0.15) is 67.3 Å². The van der Waals surface area contributed by atoms with Crippen molar-refractivity contribution >= 4 is 11.6 Å². The van der Waals surface area contributed by atoms with E-state index in [2.05, 4.69) is 39.5 Å². The minimum absolute atomic E-state index is 0.323. The molecule has 29 heavy (non-hydrogen) atoms. The second kappa shape index (κ2) is 6.18. The van der Waals surface area contributed by atoms with E-state index < -0.39 is 0 Å². The first-order chi connectivity index (χ1) is 14.0. The molecule has 0 N–H and O–H groups in total. The van der Waals surface area contributed by atoms with Crippen molar-refractivity contribution in [3.63, 3.8) is 0 Å². The highest BCUT2D eigenvalue weighted by molar-refractivity contribution is 6.30. The lowest BCUT2D eigenvalue weighted by Gasteiger charge is -2.71. The number of nitrogens with zero attached hydrogens (tertiary/aromatic N) is 5. The molecule has 1 aliphatic heterocycles. The van der Waals surface area contributed by atoms with E-state index in [0.29, 0.717) is 16.9 Å². The average molecular weight is 408 g/mol. The maximum Gasteiger partial charge on any atom is 0.151 e. The van der Waals surface area contributed by atoms with Crippen molar-refractivity contribution in [3.05, 3.63) is 64.7 Å². The van der Waals surface area contributed by atoms with Gasteiger partial charge in [0, 0.05) is 35.6 Å². The number of imidazole rings is 1. The molecule has 3 aromatic rings. The van der Waals surface area contributed by atoms with E-state index in [1.165, 1.54) is 37.7 Å². The molecule has 0 radical (unpaired) electrons. The summed E-state index contributed by atoms with van der Waals surface area (Å²) in [5.41, 5.74) is 3.14.